The molecule has 10 heteroatoms. The minimum Gasteiger partial charge on any atom is -0.381 e. The number of hydrazine groups is 1. The largest absolute Gasteiger partial charge is 0.381 e. The number of aliphatic hydroxyl groups excluding tert-OH is 1. The van der Waals surface area contributed by atoms with Crippen molar-refractivity contribution in [1.82, 2.24) is 4.98 Å². The number of carbonyl (C=O) groups excluding carboxylic acids is 1. The Hall–Kier alpha value is -2.46. The predicted molar refractivity (Wildman–Crippen MR) is 62.4 cm³/mol. The van der Waals surface area contributed by atoms with Gasteiger partial charge < -0.3 is 21.6 Å². The van der Waals surface area contributed by atoms with Gasteiger partial charge in [-0.05, 0) is 6.07 Å². The maximum absolute atomic E-state index is 10.7. The zero-order chi connectivity index (χ0) is 13.7. The van der Waals surface area contributed by atoms with Crippen LogP contribution in [0.1, 0.15) is 0 Å². The summed E-state index contributed by atoms with van der Waals surface area (Å²) in [5, 5.41) is 22.3. The molecule has 98 valence electrons. The molecule has 0 saturated carbocycles. The van der Waals surface area contributed by atoms with Crippen LogP contribution in [-0.2, 0) is 4.79 Å². The van der Waals surface area contributed by atoms with Crippen LogP contribution in [0.3, 0.4) is 0 Å². The average Bonchev–Trinajstić information content (AvgIpc) is 2.34. The van der Waals surface area contributed by atoms with Gasteiger partial charge in [-0.2, -0.15) is 0 Å². The molecule has 1 rings (SSSR count). The van der Waals surface area contributed by atoms with Crippen LogP contribution in [0.15, 0.2) is 12.1 Å². The number of aromatic nitrogens is 1. The molecule has 1 aromatic heterocycles. The topological polar surface area (TPSA) is 169 Å². The van der Waals surface area contributed by atoms with Crippen LogP contribution in [0.5, 0.6) is 0 Å². The van der Waals surface area contributed by atoms with E-state index in [0.29, 0.717) is 0 Å². The van der Waals surface area contributed by atoms with Crippen LogP contribution in [0.25, 0.3) is 0 Å². The number of hydrogen-bond acceptors (Lipinski definition) is 8. The highest BCUT2D eigenvalue weighted by molar-refractivity contribution is 5.79. The van der Waals surface area contributed by atoms with E-state index < -0.39 is 16.9 Å². The van der Waals surface area contributed by atoms with Crippen LogP contribution in [0.2, 0.25) is 0 Å². The van der Waals surface area contributed by atoms with E-state index in [1.807, 2.05) is 0 Å². The molecular formula is C8H12N6O4. The van der Waals surface area contributed by atoms with Crippen molar-refractivity contribution in [3.63, 3.8) is 0 Å². The average molecular weight is 256 g/mol. The second kappa shape index (κ2) is 5.75. The van der Waals surface area contributed by atoms with Crippen molar-refractivity contribution in [1.29, 1.82) is 0 Å². The van der Waals surface area contributed by atoms with E-state index in [0.717, 1.165) is 0 Å². The maximum Gasteiger partial charge on any atom is 0.311 e. The fourth-order valence-electron chi connectivity index (χ4n) is 1.10. The predicted octanol–water partition coefficient (Wildman–Crippen LogP) is -1.47. The number of nitrogens with zero attached hydrogens (tertiary/aromatic N) is 2. The molecule has 0 fully saturated rings. The standard InChI is InChI=1S/C8H12N6O4/c9-7(16)5(15)3-11-8-4(14(17)18)1-2-6(12-8)13-10/h1-2,5,15H,3,10H2,(H2,9,16)(H2,11,12,13). The van der Waals surface area contributed by atoms with Gasteiger partial charge in [-0.3, -0.25) is 14.9 Å². The van der Waals surface area contributed by atoms with E-state index in [4.69, 9.17) is 16.7 Å². The molecule has 7 N–H and O–H groups in total. The summed E-state index contributed by atoms with van der Waals surface area (Å²) in [6.07, 6.45) is -1.47. The Bertz CT molecular complexity index is 465. The van der Waals surface area contributed by atoms with Crippen molar-refractivity contribution in [3.8, 4) is 0 Å². The lowest BCUT2D eigenvalue weighted by atomic mass is 10.3. The van der Waals surface area contributed by atoms with Crippen LogP contribution in [0.4, 0.5) is 17.3 Å². The molecule has 1 atom stereocenters. The summed E-state index contributed by atoms with van der Waals surface area (Å²) < 4.78 is 0. The number of nitrogen functional groups attached to an aromatic ring is 1. The van der Waals surface area contributed by atoms with Crippen LogP contribution < -0.4 is 22.3 Å². The number of amides is 1. The lowest BCUT2D eigenvalue weighted by Crippen LogP contribution is -2.34. The van der Waals surface area contributed by atoms with Gasteiger partial charge in [0, 0.05) is 6.07 Å². The van der Waals surface area contributed by atoms with Crippen molar-refractivity contribution in [2.24, 2.45) is 11.6 Å². The van der Waals surface area contributed by atoms with Crippen LogP contribution in [0, 0.1) is 10.1 Å². The molecule has 1 unspecified atom stereocenters. The summed E-state index contributed by atoms with van der Waals surface area (Å²) in [6, 6.07) is 2.50. The number of nitrogens with two attached hydrogens (primary N) is 2. The summed E-state index contributed by atoms with van der Waals surface area (Å²) in [5.74, 6) is 4.23. The number of nitrogens with one attached hydrogen (secondary N) is 2. The molecule has 18 heavy (non-hydrogen) atoms. The number of primary amides is 1. The Morgan fingerprint density at radius 1 is 1.61 bits per heavy atom. The molecule has 0 spiro atoms. The zero-order valence-electron chi connectivity index (χ0n) is 9.16. The minimum atomic E-state index is -1.47. The smallest absolute Gasteiger partial charge is 0.311 e. The second-order valence-electron chi connectivity index (χ2n) is 3.26. The van der Waals surface area contributed by atoms with E-state index in [-0.39, 0.29) is 23.9 Å². The molecule has 10 nitrogen and oxygen atoms in total. The van der Waals surface area contributed by atoms with Gasteiger partial charge in [-0.15, -0.1) is 0 Å². The first-order valence-corrected chi connectivity index (χ1v) is 4.79. The van der Waals surface area contributed by atoms with Gasteiger partial charge in [0.1, 0.15) is 11.9 Å². The first-order valence-electron chi connectivity index (χ1n) is 4.79. The van der Waals surface area contributed by atoms with Crippen molar-refractivity contribution in [2.75, 3.05) is 17.3 Å². The number of rotatable bonds is 6. The maximum atomic E-state index is 10.7. The van der Waals surface area contributed by atoms with Gasteiger partial charge in [0.25, 0.3) is 0 Å². The summed E-state index contributed by atoms with van der Waals surface area (Å²) in [6.45, 7) is -0.294. The Kier molecular flexibility index (Phi) is 4.34. The van der Waals surface area contributed by atoms with Gasteiger partial charge in [-0.25, -0.2) is 10.8 Å². The molecule has 0 bridgehead atoms. The highest BCUT2D eigenvalue weighted by Crippen LogP contribution is 2.23. The van der Waals surface area contributed by atoms with E-state index in [9.17, 15) is 14.9 Å². The molecule has 0 aliphatic heterocycles. The van der Waals surface area contributed by atoms with Crippen molar-refractivity contribution >= 4 is 23.2 Å². The molecule has 1 amide bonds. The van der Waals surface area contributed by atoms with E-state index in [2.05, 4.69) is 15.7 Å². The monoisotopic (exact) mass is 256 g/mol. The molecule has 0 radical (unpaired) electrons. The first kappa shape index (κ1) is 13.6. The number of carbonyl (C=O) groups is 1. The van der Waals surface area contributed by atoms with Crippen molar-refractivity contribution < 1.29 is 14.8 Å². The number of pyridine rings is 1. The Morgan fingerprint density at radius 3 is 2.78 bits per heavy atom. The van der Waals surface area contributed by atoms with E-state index >= 15 is 0 Å². The number of hydrogen-bond donors (Lipinski definition) is 5. The lowest BCUT2D eigenvalue weighted by Gasteiger charge is -2.10. The van der Waals surface area contributed by atoms with Crippen molar-refractivity contribution in [3.05, 3.63) is 22.2 Å². The number of nitro groups is 1. The second-order valence-corrected chi connectivity index (χ2v) is 3.26. The van der Waals surface area contributed by atoms with Gasteiger partial charge in [-0.1, -0.05) is 0 Å². The SMILES string of the molecule is NNc1ccc([N+](=O)[O-])c(NCC(O)C(N)=O)n1. The van der Waals surface area contributed by atoms with Gasteiger partial charge in [0.05, 0.1) is 11.5 Å². The molecule has 0 saturated heterocycles. The lowest BCUT2D eigenvalue weighted by molar-refractivity contribution is -0.384. The molecular weight excluding hydrogens is 244 g/mol. The van der Waals surface area contributed by atoms with E-state index in [1.54, 1.807) is 0 Å². The summed E-state index contributed by atoms with van der Waals surface area (Å²) in [4.78, 5) is 24.5. The number of aliphatic hydroxyl groups is 1. The van der Waals surface area contributed by atoms with Crippen LogP contribution >= 0.6 is 0 Å². The van der Waals surface area contributed by atoms with Gasteiger partial charge in [0.2, 0.25) is 11.7 Å². The molecule has 1 aromatic rings. The summed E-state index contributed by atoms with van der Waals surface area (Å²) in [5.41, 5.74) is 6.74. The molecule has 0 aliphatic rings. The van der Waals surface area contributed by atoms with E-state index in [1.165, 1.54) is 12.1 Å². The fraction of sp³-hybridized carbons (Fsp3) is 0.250. The molecule has 1 heterocycles. The van der Waals surface area contributed by atoms with Gasteiger partial charge in [0.15, 0.2) is 0 Å². The number of anilines is 2. The van der Waals surface area contributed by atoms with Gasteiger partial charge >= 0.3 is 5.69 Å². The van der Waals surface area contributed by atoms with Crippen LogP contribution in [-0.4, -0.2) is 33.6 Å². The first-order chi connectivity index (χ1) is 8.45. The third kappa shape index (κ3) is 3.26. The Balaban J connectivity index is 2.90. The third-order valence-corrected chi connectivity index (χ3v) is 2.01. The highest BCUT2D eigenvalue weighted by Gasteiger charge is 2.18. The summed E-state index contributed by atoms with van der Waals surface area (Å²) in [7, 11) is 0. The molecule has 0 aliphatic carbocycles. The highest BCUT2D eigenvalue weighted by atomic mass is 16.6. The normalized spacial score (nSPS) is 11.7. The quantitative estimate of drug-likeness (QED) is 0.233. The summed E-state index contributed by atoms with van der Waals surface area (Å²) >= 11 is 0. The fourth-order valence-corrected chi connectivity index (χ4v) is 1.10. The third-order valence-electron chi connectivity index (χ3n) is 2.01. The molecule has 0 aromatic carbocycles. The Morgan fingerprint density at radius 2 is 2.28 bits per heavy atom. The Labute approximate surface area is 101 Å². The van der Waals surface area contributed by atoms with Crippen molar-refractivity contribution in [2.45, 2.75) is 6.10 Å². The minimum absolute atomic E-state index is 0.129. The zero-order valence-corrected chi connectivity index (χ0v) is 9.16.